The third-order valence-corrected chi connectivity index (χ3v) is 6.52. The first-order valence-corrected chi connectivity index (χ1v) is 10.9. The molecule has 0 bridgehead atoms. The molecule has 0 amide bonds. The maximum atomic E-state index is 13.0. The van der Waals surface area contributed by atoms with Gasteiger partial charge in [0.1, 0.15) is 18.1 Å². The summed E-state index contributed by atoms with van der Waals surface area (Å²) >= 11 is 12.3. The van der Waals surface area contributed by atoms with Crippen LogP contribution in [0, 0.1) is 19.8 Å². The van der Waals surface area contributed by atoms with Gasteiger partial charge in [0.2, 0.25) is 11.5 Å². The van der Waals surface area contributed by atoms with Gasteiger partial charge in [-0.15, -0.1) is 0 Å². The molecular formula is C24H24Cl2O4. The van der Waals surface area contributed by atoms with Crippen LogP contribution in [0.5, 0.6) is 5.75 Å². The molecule has 6 heteroatoms. The van der Waals surface area contributed by atoms with E-state index in [0.717, 1.165) is 23.1 Å². The first-order valence-electron chi connectivity index (χ1n) is 10.1. The molecule has 0 aromatic heterocycles. The Kier molecular flexibility index (Phi) is 6.37. The fraction of sp³-hybridized carbons (Fsp3) is 0.375. The third-order valence-electron chi connectivity index (χ3n) is 5.69. The highest BCUT2D eigenvalue weighted by Crippen LogP contribution is 2.36. The Hall–Kier alpha value is -2.01. The number of hydrogen-bond acceptors (Lipinski definition) is 4. The second kappa shape index (κ2) is 9.01. The summed E-state index contributed by atoms with van der Waals surface area (Å²) in [7, 11) is 0. The average molecular weight is 447 g/mol. The molecule has 0 saturated heterocycles. The van der Waals surface area contributed by atoms with Gasteiger partial charge in [0.05, 0.1) is 18.6 Å². The Morgan fingerprint density at radius 2 is 1.87 bits per heavy atom. The van der Waals surface area contributed by atoms with Crippen LogP contribution in [0.25, 0.3) is 0 Å². The molecule has 1 heterocycles. The number of halogens is 2. The van der Waals surface area contributed by atoms with Crippen LogP contribution in [-0.4, -0.2) is 18.0 Å². The van der Waals surface area contributed by atoms with Crippen LogP contribution >= 0.6 is 23.2 Å². The van der Waals surface area contributed by atoms with Gasteiger partial charge in [-0.3, -0.25) is 4.79 Å². The number of aryl methyl sites for hydroxylation is 2. The van der Waals surface area contributed by atoms with Crippen LogP contribution in [0.1, 0.15) is 36.0 Å². The van der Waals surface area contributed by atoms with Gasteiger partial charge in [0, 0.05) is 16.5 Å². The van der Waals surface area contributed by atoms with Gasteiger partial charge >= 0.3 is 0 Å². The zero-order valence-electron chi connectivity index (χ0n) is 17.0. The number of hydrogen-bond donors (Lipinski definition) is 0. The summed E-state index contributed by atoms with van der Waals surface area (Å²) < 4.78 is 17.8. The lowest BCUT2D eigenvalue weighted by Gasteiger charge is -2.37. The van der Waals surface area contributed by atoms with Crippen LogP contribution in [0.15, 0.2) is 48.4 Å². The van der Waals surface area contributed by atoms with E-state index in [-0.39, 0.29) is 29.7 Å². The Morgan fingerprint density at radius 1 is 1.10 bits per heavy atom. The molecular weight excluding hydrogens is 423 g/mol. The largest absolute Gasteiger partial charge is 0.493 e. The van der Waals surface area contributed by atoms with E-state index < -0.39 is 0 Å². The van der Waals surface area contributed by atoms with Crippen molar-refractivity contribution in [2.24, 2.45) is 5.92 Å². The Balaban J connectivity index is 1.38. The molecule has 2 aromatic rings. The fourth-order valence-electron chi connectivity index (χ4n) is 4.09. The summed E-state index contributed by atoms with van der Waals surface area (Å²) in [6.45, 7) is 4.32. The van der Waals surface area contributed by atoms with E-state index in [9.17, 15) is 4.79 Å². The van der Waals surface area contributed by atoms with Crippen molar-refractivity contribution in [3.63, 3.8) is 0 Å². The Bertz CT molecular complexity index is 962. The van der Waals surface area contributed by atoms with Gasteiger partial charge in [-0.1, -0.05) is 35.3 Å². The topological polar surface area (TPSA) is 44.8 Å². The SMILES string of the molecule is Cc1cc(OC2=COC3CC(OCc4cccc(Cl)c4)CCC3C2=O)cc(C)c1Cl. The van der Waals surface area contributed by atoms with E-state index in [2.05, 4.69) is 0 Å². The highest BCUT2D eigenvalue weighted by molar-refractivity contribution is 6.32. The normalized spacial score (nSPS) is 23.4. The highest BCUT2D eigenvalue weighted by atomic mass is 35.5. The summed E-state index contributed by atoms with van der Waals surface area (Å²) in [6, 6.07) is 11.3. The lowest BCUT2D eigenvalue weighted by molar-refractivity contribution is -0.134. The zero-order valence-corrected chi connectivity index (χ0v) is 18.5. The van der Waals surface area contributed by atoms with Gasteiger partial charge in [-0.2, -0.15) is 0 Å². The lowest BCUT2D eigenvalue weighted by atomic mass is 9.80. The summed E-state index contributed by atoms with van der Waals surface area (Å²) in [5.41, 5.74) is 2.85. The van der Waals surface area contributed by atoms with Crippen LogP contribution in [0.4, 0.5) is 0 Å². The molecule has 1 aliphatic carbocycles. The van der Waals surface area contributed by atoms with Crippen molar-refractivity contribution in [1.29, 1.82) is 0 Å². The van der Waals surface area contributed by atoms with Gasteiger partial charge in [-0.05, 0) is 67.6 Å². The van der Waals surface area contributed by atoms with Crippen molar-refractivity contribution in [3.8, 4) is 5.75 Å². The van der Waals surface area contributed by atoms with Crippen molar-refractivity contribution in [1.82, 2.24) is 0 Å². The number of carbonyl (C=O) groups is 1. The van der Waals surface area contributed by atoms with Gasteiger partial charge in [0.25, 0.3) is 0 Å². The van der Waals surface area contributed by atoms with Crippen LogP contribution in [0.3, 0.4) is 0 Å². The predicted molar refractivity (Wildman–Crippen MR) is 117 cm³/mol. The maximum Gasteiger partial charge on any atom is 0.207 e. The molecule has 1 aliphatic heterocycles. The highest BCUT2D eigenvalue weighted by Gasteiger charge is 2.41. The molecule has 0 radical (unpaired) electrons. The zero-order chi connectivity index (χ0) is 21.3. The van der Waals surface area contributed by atoms with Crippen molar-refractivity contribution >= 4 is 29.0 Å². The first-order chi connectivity index (χ1) is 14.4. The Morgan fingerprint density at radius 3 is 2.60 bits per heavy atom. The van der Waals surface area contributed by atoms with E-state index in [1.54, 1.807) is 0 Å². The summed E-state index contributed by atoms with van der Waals surface area (Å²) in [6.07, 6.45) is 3.51. The Labute approximate surface area is 186 Å². The van der Waals surface area contributed by atoms with E-state index in [1.165, 1.54) is 6.26 Å². The molecule has 0 N–H and O–H groups in total. The number of Topliss-reactive ketones (excluding diaryl/α,β-unsaturated/α-hetero) is 1. The minimum atomic E-state index is -0.203. The fourth-order valence-corrected chi connectivity index (χ4v) is 4.41. The van der Waals surface area contributed by atoms with Crippen molar-refractivity contribution in [3.05, 3.63) is 75.2 Å². The predicted octanol–water partition coefficient (Wildman–Crippen LogP) is 6.18. The van der Waals surface area contributed by atoms with Crippen molar-refractivity contribution in [2.75, 3.05) is 0 Å². The average Bonchev–Trinajstić information content (AvgIpc) is 2.72. The summed E-state index contributed by atoms with van der Waals surface area (Å²) in [5.74, 6) is 0.626. The maximum absolute atomic E-state index is 13.0. The number of ether oxygens (including phenoxy) is 3. The molecule has 2 aromatic carbocycles. The molecule has 1 saturated carbocycles. The van der Waals surface area contributed by atoms with Crippen LogP contribution in [-0.2, 0) is 20.9 Å². The summed E-state index contributed by atoms with van der Waals surface area (Å²) in [5, 5.41) is 1.41. The summed E-state index contributed by atoms with van der Waals surface area (Å²) in [4.78, 5) is 13.0. The van der Waals surface area contributed by atoms with Crippen LogP contribution < -0.4 is 4.74 Å². The quantitative estimate of drug-likeness (QED) is 0.549. The smallest absolute Gasteiger partial charge is 0.207 e. The van der Waals surface area contributed by atoms with Crippen LogP contribution in [0.2, 0.25) is 10.0 Å². The molecule has 4 rings (SSSR count). The van der Waals surface area contributed by atoms with Crippen molar-refractivity contribution in [2.45, 2.75) is 51.9 Å². The third kappa shape index (κ3) is 4.66. The number of benzene rings is 2. The molecule has 3 atom stereocenters. The lowest BCUT2D eigenvalue weighted by Crippen LogP contribution is -2.42. The second-order valence-electron chi connectivity index (χ2n) is 7.98. The molecule has 1 fully saturated rings. The van der Waals surface area contributed by atoms with E-state index in [4.69, 9.17) is 37.4 Å². The molecule has 30 heavy (non-hydrogen) atoms. The van der Waals surface area contributed by atoms with E-state index in [0.29, 0.717) is 35.2 Å². The van der Waals surface area contributed by atoms with Gasteiger partial charge in [-0.25, -0.2) is 0 Å². The molecule has 158 valence electrons. The monoisotopic (exact) mass is 446 g/mol. The standard InChI is InChI=1S/C24H24Cl2O4/c1-14-8-19(9-15(2)23(14)26)30-22-13-29-21-11-18(6-7-20(21)24(22)27)28-12-16-4-3-5-17(25)10-16/h3-5,8-10,13,18,20-21H,6-7,11-12H2,1-2H3. The first kappa shape index (κ1) is 21.2. The van der Waals surface area contributed by atoms with Crippen molar-refractivity contribution < 1.29 is 19.0 Å². The molecule has 0 spiro atoms. The number of carbonyl (C=O) groups excluding carboxylic acids is 1. The molecule has 4 nitrogen and oxygen atoms in total. The number of ketones is 1. The number of allylic oxidation sites excluding steroid dienone is 1. The molecule has 2 aliphatic rings. The molecule has 3 unspecified atom stereocenters. The second-order valence-corrected chi connectivity index (χ2v) is 8.79. The minimum Gasteiger partial charge on any atom is -0.493 e. The minimum absolute atomic E-state index is 0.00945. The van der Waals surface area contributed by atoms with E-state index in [1.807, 2.05) is 50.2 Å². The van der Waals surface area contributed by atoms with Gasteiger partial charge < -0.3 is 14.2 Å². The number of fused-ring (bicyclic) bond motifs is 1. The van der Waals surface area contributed by atoms with Gasteiger partial charge in [0.15, 0.2) is 0 Å². The number of rotatable bonds is 5. The van der Waals surface area contributed by atoms with E-state index >= 15 is 0 Å².